The Balaban J connectivity index is 3.05. The molecule has 0 fully saturated rings. The largest absolute Gasteiger partial charge is 0.478 e. The molecule has 0 bridgehead atoms. The molecule has 0 aliphatic rings. The van der Waals surface area contributed by atoms with E-state index in [-0.39, 0.29) is 22.5 Å². The normalized spacial score (nSPS) is 11.4. The van der Waals surface area contributed by atoms with Crippen molar-refractivity contribution in [3.05, 3.63) is 33.9 Å². The van der Waals surface area contributed by atoms with E-state index in [0.717, 1.165) is 0 Å². The predicted octanol–water partition coefficient (Wildman–Crippen LogP) is 2.05. The third-order valence-electron chi connectivity index (χ3n) is 3.37. The molecule has 2 N–H and O–H groups in total. The van der Waals surface area contributed by atoms with E-state index in [0.29, 0.717) is 6.54 Å². The SMILES string of the molecule is CN(C)C(C)(C)CNc1cc([N+](=O)[O-])ccc1C(=O)O. The van der Waals surface area contributed by atoms with Crippen LogP contribution in [0.2, 0.25) is 0 Å². The van der Waals surface area contributed by atoms with Gasteiger partial charge in [0.1, 0.15) is 0 Å². The summed E-state index contributed by atoms with van der Waals surface area (Å²) in [6, 6.07) is 3.67. The average Bonchev–Trinajstić information content (AvgIpc) is 2.35. The predicted molar refractivity (Wildman–Crippen MR) is 76.3 cm³/mol. The van der Waals surface area contributed by atoms with Crippen molar-refractivity contribution in [2.24, 2.45) is 0 Å². The van der Waals surface area contributed by atoms with Gasteiger partial charge in [0.2, 0.25) is 0 Å². The molecule has 0 aliphatic carbocycles. The number of carboxylic acid groups (broad SMARTS) is 1. The summed E-state index contributed by atoms with van der Waals surface area (Å²) in [6.07, 6.45) is 0. The molecule has 1 aromatic carbocycles. The van der Waals surface area contributed by atoms with E-state index in [2.05, 4.69) is 5.32 Å². The molecule has 0 saturated carbocycles. The van der Waals surface area contributed by atoms with Crippen molar-refractivity contribution in [3.63, 3.8) is 0 Å². The van der Waals surface area contributed by atoms with Crippen LogP contribution in [0.5, 0.6) is 0 Å². The minimum Gasteiger partial charge on any atom is -0.478 e. The minimum absolute atomic E-state index is 0.0187. The molecule has 1 rings (SSSR count). The lowest BCUT2D eigenvalue weighted by Crippen LogP contribution is -2.44. The van der Waals surface area contributed by atoms with Crippen LogP contribution in [0.1, 0.15) is 24.2 Å². The number of nitrogens with zero attached hydrogens (tertiary/aromatic N) is 2. The first-order chi connectivity index (χ1) is 9.15. The number of likely N-dealkylation sites (N-methyl/N-ethyl adjacent to an activating group) is 1. The van der Waals surface area contributed by atoms with Crippen LogP contribution in [0.25, 0.3) is 0 Å². The summed E-state index contributed by atoms with van der Waals surface area (Å²) < 4.78 is 0. The zero-order valence-corrected chi connectivity index (χ0v) is 12.0. The molecule has 0 atom stereocenters. The van der Waals surface area contributed by atoms with Gasteiger partial charge in [-0.2, -0.15) is 0 Å². The lowest BCUT2D eigenvalue weighted by Gasteiger charge is -2.33. The van der Waals surface area contributed by atoms with E-state index in [1.165, 1.54) is 18.2 Å². The average molecular weight is 281 g/mol. The number of hydrogen-bond acceptors (Lipinski definition) is 5. The van der Waals surface area contributed by atoms with Crippen molar-refractivity contribution in [3.8, 4) is 0 Å². The molecule has 0 unspecified atom stereocenters. The number of aromatic carboxylic acids is 1. The Morgan fingerprint density at radius 3 is 2.50 bits per heavy atom. The quantitative estimate of drug-likeness (QED) is 0.612. The molecular formula is C13H19N3O4. The van der Waals surface area contributed by atoms with Gasteiger partial charge in [-0.25, -0.2) is 4.79 Å². The standard InChI is InChI=1S/C13H19N3O4/c1-13(2,15(3)4)8-14-11-7-9(16(19)20)5-6-10(11)12(17)18/h5-7,14H,8H2,1-4H3,(H,17,18). The number of non-ortho nitro benzene ring substituents is 1. The Kier molecular flexibility index (Phi) is 4.67. The smallest absolute Gasteiger partial charge is 0.337 e. The Morgan fingerprint density at radius 2 is 2.05 bits per heavy atom. The molecule has 7 heteroatoms. The van der Waals surface area contributed by atoms with Crippen molar-refractivity contribution >= 4 is 17.3 Å². The van der Waals surface area contributed by atoms with Crippen molar-refractivity contribution in [2.45, 2.75) is 19.4 Å². The second kappa shape index (κ2) is 5.87. The van der Waals surface area contributed by atoms with E-state index >= 15 is 0 Å². The Bertz CT molecular complexity index is 526. The zero-order valence-electron chi connectivity index (χ0n) is 12.0. The number of anilines is 1. The number of benzene rings is 1. The summed E-state index contributed by atoms with van der Waals surface area (Å²) in [5.74, 6) is -1.12. The highest BCUT2D eigenvalue weighted by Gasteiger charge is 2.22. The van der Waals surface area contributed by atoms with Crippen molar-refractivity contribution < 1.29 is 14.8 Å². The molecule has 0 radical (unpaired) electrons. The van der Waals surface area contributed by atoms with Gasteiger partial charge < -0.3 is 15.3 Å². The highest BCUT2D eigenvalue weighted by Crippen LogP contribution is 2.24. The number of carbonyl (C=O) groups is 1. The van der Waals surface area contributed by atoms with Crippen LogP contribution >= 0.6 is 0 Å². The number of hydrogen-bond donors (Lipinski definition) is 2. The highest BCUT2D eigenvalue weighted by molar-refractivity contribution is 5.94. The number of nitro benzene ring substituents is 1. The van der Waals surface area contributed by atoms with Gasteiger partial charge in [-0.15, -0.1) is 0 Å². The maximum absolute atomic E-state index is 11.1. The summed E-state index contributed by atoms with van der Waals surface area (Å²) in [6.45, 7) is 4.43. The maximum Gasteiger partial charge on any atom is 0.337 e. The first-order valence-corrected chi connectivity index (χ1v) is 6.08. The van der Waals surface area contributed by atoms with Gasteiger partial charge in [0.05, 0.1) is 16.2 Å². The van der Waals surface area contributed by atoms with Gasteiger partial charge in [-0.3, -0.25) is 10.1 Å². The Morgan fingerprint density at radius 1 is 1.45 bits per heavy atom. The monoisotopic (exact) mass is 281 g/mol. The molecule has 0 spiro atoms. The van der Waals surface area contributed by atoms with Gasteiger partial charge in [0.15, 0.2) is 0 Å². The first-order valence-electron chi connectivity index (χ1n) is 6.08. The van der Waals surface area contributed by atoms with E-state index in [1.807, 2.05) is 32.8 Å². The molecule has 7 nitrogen and oxygen atoms in total. The topological polar surface area (TPSA) is 95.7 Å². The van der Waals surface area contributed by atoms with Gasteiger partial charge in [-0.05, 0) is 34.0 Å². The van der Waals surface area contributed by atoms with E-state index in [1.54, 1.807) is 0 Å². The molecule has 1 aromatic rings. The van der Waals surface area contributed by atoms with Crippen LogP contribution in [0, 0.1) is 10.1 Å². The van der Waals surface area contributed by atoms with Crippen LogP contribution in [-0.4, -0.2) is 47.1 Å². The van der Waals surface area contributed by atoms with Crippen LogP contribution < -0.4 is 5.32 Å². The fraction of sp³-hybridized carbons (Fsp3) is 0.462. The second-order valence-electron chi connectivity index (χ2n) is 5.35. The van der Waals surface area contributed by atoms with Gasteiger partial charge in [-0.1, -0.05) is 0 Å². The third kappa shape index (κ3) is 3.67. The fourth-order valence-corrected chi connectivity index (χ4v) is 1.45. The number of carboxylic acids is 1. The summed E-state index contributed by atoms with van der Waals surface area (Å²) in [4.78, 5) is 23.3. The van der Waals surface area contributed by atoms with Gasteiger partial charge in [0.25, 0.3) is 5.69 Å². The Labute approximate surface area is 117 Å². The zero-order chi connectivity index (χ0) is 15.5. The van der Waals surface area contributed by atoms with E-state index in [9.17, 15) is 14.9 Å². The maximum atomic E-state index is 11.1. The Hall–Kier alpha value is -2.15. The number of nitro groups is 1. The van der Waals surface area contributed by atoms with Crippen LogP contribution in [0.15, 0.2) is 18.2 Å². The van der Waals surface area contributed by atoms with Crippen LogP contribution in [-0.2, 0) is 0 Å². The number of nitrogens with one attached hydrogen (secondary N) is 1. The van der Waals surface area contributed by atoms with Crippen molar-refractivity contribution in [2.75, 3.05) is 26.0 Å². The van der Waals surface area contributed by atoms with Crippen LogP contribution in [0.4, 0.5) is 11.4 Å². The van der Waals surface area contributed by atoms with E-state index in [4.69, 9.17) is 5.11 Å². The fourth-order valence-electron chi connectivity index (χ4n) is 1.45. The molecule has 0 saturated heterocycles. The van der Waals surface area contributed by atoms with Crippen LogP contribution in [0.3, 0.4) is 0 Å². The minimum atomic E-state index is -1.12. The number of rotatable bonds is 6. The summed E-state index contributed by atoms with van der Waals surface area (Å²) in [5, 5.41) is 22.9. The highest BCUT2D eigenvalue weighted by atomic mass is 16.6. The van der Waals surface area contributed by atoms with Crippen molar-refractivity contribution in [1.29, 1.82) is 0 Å². The molecular weight excluding hydrogens is 262 g/mol. The second-order valence-corrected chi connectivity index (χ2v) is 5.35. The van der Waals surface area contributed by atoms with Gasteiger partial charge in [0, 0.05) is 24.2 Å². The first kappa shape index (κ1) is 15.9. The molecule has 0 heterocycles. The molecule has 0 amide bonds. The summed E-state index contributed by atoms with van der Waals surface area (Å²) in [5.41, 5.74) is -0.0904. The van der Waals surface area contributed by atoms with E-state index < -0.39 is 10.9 Å². The third-order valence-corrected chi connectivity index (χ3v) is 3.37. The molecule has 0 aromatic heterocycles. The molecule has 0 aliphatic heterocycles. The van der Waals surface area contributed by atoms with Crippen molar-refractivity contribution in [1.82, 2.24) is 4.90 Å². The summed E-state index contributed by atoms with van der Waals surface area (Å²) in [7, 11) is 3.82. The molecule has 110 valence electrons. The lowest BCUT2D eigenvalue weighted by molar-refractivity contribution is -0.384. The lowest BCUT2D eigenvalue weighted by atomic mass is 10.0. The summed E-state index contributed by atoms with van der Waals surface area (Å²) >= 11 is 0. The molecule has 20 heavy (non-hydrogen) atoms. The van der Waals surface area contributed by atoms with Gasteiger partial charge >= 0.3 is 5.97 Å².